The van der Waals surface area contributed by atoms with Gasteiger partial charge < -0.3 is 17.0 Å². The number of Topliss-reactive ketones (excluding diaryl/α,β-unsaturated/α-hetero) is 1. The van der Waals surface area contributed by atoms with Crippen molar-refractivity contribution in [1.29, 1.82) is 0 Å². The van der Waals surface area contributed by atoms with Gasteiger partial charge in [0.15, 0.2) is 12.2 Å². The minimum absolute atomic E-state index is 0. The highest BCUT2D eigenvalue weighted by atomic mass is 79.9. The van der Waals surface area contributed by atoms with Gasteiger partial charge in [-0.25, -0.2) is 9.13 Å². The molecule has 0 bridgehead atoms. The topological polar surface area (TPSA) is 25.9 Å². The smallest absolute Gasteiger partial charge is 0.257 e. The number of nitrogens with zero attached hydrogens (tertiary/aromatic N) is 2. The van der Waals surface area contributed by atoms with Crippen LogP contribution < -0.4 is 21.5 Å². The number of benzene rings is 2. The van der Waals surface area contributed by atoms with Gasteiger partial charge >= 0.3 is 0 Å². The second-order valence-electron chi connectivity index (χ2n) is 6.49. The standard InChI is InChI=1S/C20H15Cl4N2O.BrH/c21-14-5-3-12(8-16(14)23)18-10-25(20-2-1-7-26(18)20)11-19(27)13-4-6-15(22)17(24)9-13;/h3-6,8-10H,1-2,7,11H2;1H/q+1;/p-1. The molecule has 0 fully saturated rings. The second kappa shape index (κ2) is 8.76. The fourth-order valence-electron chi connectivity index (χ4n) is 3.45. The van der Waals surface area contributed by atoms with Gasteiger partial charge in [-0.1, -0.05) is 46.4 Å². The van der Waals surface area contributed by atoms with Crippen LogP contribution in [0.15, 0.2) is 42.6 Å². The van der Waals surface area contributed by atoms with Gasteiger partial charge in [0.05, 0.1) is 33.1 Å². The average Bonchev–Trinajstić information content (AvgIpc) is 3.24. The van der Waals surface area contributed by atoms with E-state index in [9.17, 15) is 4.79 Å². The number of hydrogen-bond donors (Lipinski definition) is 0. The summed E-state index contributed by atoms with van der Waals surface area (Å²) in [7, 11) is 0. The Labute approximate surface area is 193 Å². The minimum Gasteiger partial charge on any atom is -1.00 e. The number of carbonyl (C=O) groups is 1. The van der Waals surface area contributed by atoms with Crippen LogP contribution in [-0.2, 0) is 19.5 Å². The van der Waals surface area contributed by atoms with Crippen LogP contribution in [0.4, 0.5) is 0 Å². The summed E-state index contributed by atoms with van der Waals surface area (Å²) >= 11 is 24.2. The minimum atomic E-state index is -0.0143. The first-order valence-electron chi connectivity index (χ1n) is 8.49. The average molecular weight is 521 g/mol. The third-order valence-corrected chi connectivity index (χ3v) is 6.24. The van der Waals surface area contributed by atoms with E-state index in [1.807, 2.05) is 22.9 Å². The maximum absolute atomic E-state index is 12.8. The first kappa shape index (κ1) is 21.7. The van der Waals surface area contributed by atoms with Crippen molar-refractivity contribution in [1.82, 2.24) is 4.57 Å². The zero-order chi connectivity index (χ0) is 19.1. The number of hydrogen-bond acceptors (Lipinski definition) is 1. The lowest BCUT2D eigenvalue weighted by molar-refractivity contribution is -0.689. The van der Waals surface area contributed by atoms with Crippen LogP contribution in [0.25, 0.3) is 11.3 Å². The third kappa shape index (κ3) is 4.12. The number of halogens is 5. The normalized spacial score (nSPS) is 12.6. The van der Waals surface area contributed by atoms with E-state index in [1.54, 1.807) is 24.3 Å². The van der Waals surface area contributed by atoms with E-state index in [0.29, 0.717) is 25.7 Å². The molecule has 0 radical (unpaired) electrons. The Morgan fingerprint density at radius 1 is 0.964 bits per heavy atom. The SMILES string of the molecule is O=C(C[n+]1cc(-c2ccc(Cl)c(Cl)c2)n2c1CCC2)c1ccc(Cl)c(Cl)c1.[Br-]. The second-order valence-corrected chi connectivity index (χ2v) is 8.12. The zero-order valence-electron chi connectivity index (χ0n) is 14.6. The van der Waals surface area contributed by atoms with Gasteiger partial charge in [-0.3, -0.25) is 4.79 Å². The number of aromatic nitrogens is 2. The summed E-state index contributed by atoms with van der Waals surface area (Å²) in [5.74, 6) is 1.11. The molecule has 0 amide bonds. The fourth-order valence-corrected chi connectivity index (χ4v) is 4.04. The summed E-state index contributed by atoms with van der Waals surface area (Å²) in [5, 5.41) is 1.86. The molecular formula is C20H15BrCl4N2O. The number of fused-ring (bicyclic) bond motifs is 1. The van der Waals surface area contributed by atoms with Gasteiger partial charge in [-0.05, 0) is 42.8 Å². The molecule has 1 aromatic heterocycles. The molecule has 0 spiro atoms. The highest BCUT2D eigenvalue weighted by Gasteiger charge is 2.30. The Bertz CT molecular complexity index is 1060. The molecule has 0 saturated carbocycles. The molecule has 0 unspecified atom stereocenters. The van der Waals surface area contributed by atoms with E-state index in [-0.39, 0.29) is 29.3 Å². The Kier molecular flexibility index (Phi) is 6.78. The van der Waals surface area contributed by atoms with Crippen molar-refractivity contribution in [3.8, 4) is 11.3 Å². The van der Waals surface area contributed by atoms with Crippen LogP contribution in [0.1, 0.15) is 22.6 Å². The molecule has 2 aromatic carbocycles. The zero-order valence-corrected chi connectivity index (χ0v) is 19.2. The van der Waals surface area contributed by atoms with Crippen LogP contribution in [0.3, 0.4) is 0 Å². The summed E-state index contributed by atoms with van der Waals surface area (Å²) < 4.78 is 4.25. The Hall–Kier alpha value is -1.04. The first-order chi connectivity index (χ1) is 12.9. The molecule has 146 valence electrons. The highest BCUT2D eigenvalue weighted by Crippen LogP contribution is 2.30. The molecule has 1 aliphatic rings. The van der Waals surface area contributed by atoms with Crippen molar-refractivity contribution in [2.75, 3.05) is 0 Å². The van der Waals surface area contributed by atoms with Crippen molar-refractivity contribution in [3.05, 3.63) is 74.1 Å². The molecule has 0 aliphatic carbocycles. The van der Waals surface area contributed by atoms with Crippen molar-refractivity contribution in [2.45, 2.75) is 25.9 Å². The fraction of sp³-hybridized carbons (Fsp3) is 0.200. The maximum atomic E-state index is 12.8. The summed E-state index contributed by atoms with van der Waals surface area (Å²) in [6.07, 6.45) is 3.98. The van der Waals surface area contributed by atoms with Gasteiger partial charge in [0, 0.05) is 11.1 Å². The molecule has 8 heteroatoms. The molecule has 0 N–H and O–H groups in total. The largest absolute Gasteiger partial charge is 1.00 e. The third-order valence-electron chi connectivity index (χ3n) is 4.77. The lowest BCUT2D eigenvalue weighted by atomic mass is 10.1. The van der Waals surface area contributed by atoms with Gasteiger partial charge in [0.25, 0.3) is 5.82 Å². The van der Waals surface area contributed by atoms with Crippen molar-refractivity contribution in [3.63, 3.8) is 0 Å². The summed E-state index contributed by atoms with van der Waals surface area (Å²) in [6, 6.07) is 10.6. The van der Waals surface area contributed by atoms with Gasteiger partial charge in [0.2, 0.25) is 5.78 Å². The maximum Gasteiger partial charge on any atom is 0.257 e. The first-order valence-corrected chi connectivity index (χ1v) is 10.0. The predicted octanol–water partition coefficient (Wildman–Crippen LogP) is 2.89. The molecule has 2 heterocycles. The molecule has 4 rings (SSSR count). The summed E-state index contributed by atoms with van der Waals surface area (Å²) in [4.78, 5) is 12.8. The van der Waals surface area contributed by atoms with Crippen LogP contribution in [0, 0.1) is 0 Å². The molecular weight excluding hydrogens is 506 g/mol. The van der Waals surface area contributed by atoms with Crippen molar-refractivity contribution in [2.24, 2.45) is 0 Å². The quantitative estimate of drug-likeness (QED) is 0.384. The lowest BCUT2D eigenvalue weighted by Crippen LogP contribution is -3.00. The van der Waals surface area contributed by atoms with E-state index in [4.69, 9.17) is 46.4 Å². The summed E-state index contributed by atoms with van der Waals surface area (Å²) in [6.45, 7) is 1.16. The Morgan fingerprint density at radius 3 is 2.32 bits per heavy atom. The molecule has 3 aromatic rings. The number of carbonyl (C=O) groups excluding carboxylic acids is 1. The van der Waals surface area contributed by atoms with E-state index >= 15 is 0 Å². The van der Waals surface area contributed by atoms with E-state index in [2.05, 4.69) is 4.57 Å². The molecule has 0 atom stereocenters. The van der Waals surface area contributed by atoms with Crippen molar-refractivity contribution < 1.29 is 26.3 Å². The number of ketones is 1. The monoisotopic (exact) mass is 518 g/mol. The van der Waals surface area contributed by atoms with E-state index in [1.165, 1.54) is 0 Å². The molecule has 0 saturated heterocycles. The van der Waals surface area contributed by atoms with Gasteiger partial charge in [-0.15, -0.1) is 0 Å². The van der Waals surface area contributed by atoms with Gasteiger partial charge in [-0.2, -0.15) is 0 Å². The molecule has 3 nitrogen and oxygen atoms in total. The van der Waals surface area contributed by atoms with E-state index < -0.39 is 0 Å². The van der Waals surface area contributed by atoms with Crippen LogP contribution in [-0.4, -0.2) is 10.4 Å². The van der Waals surface area contributed by atoms with E-state index in [0.717, 1.165) is 36.5 Å². The van der Waals surface area contributed by atoms with Crippen LogP contribution >= 0.6 is 46.4 Å². The van der Waals surface area contributed by atoms with Crippen molar-refractivity contribution >= 4 is 52.2 Å². The lowest BCUT2D eigenvalue weighted by Gasteiger charge is -2.02. The van der Waals surface area contributed by atoms with Crippen LogP contribution in [0.2, 0.25) is 20.1 Å². The Morgan fingerprint density at radius 2 is 1.64 bits per heavy atom. The molecule has 1 aliphatic heterocycles. The number of rotatable bonds is 4. The van der Waals surface area contributed by atoms with Crippen LogP contribution in [0.5, 0.6) is 0 Å². The number of imidazole rings is 1. The Balaban J connectivity index is 0.00000225. The van der Waals surface area contributed by atoms with Gasteiger partial charge in [0.1, 0.15) is 6.20 Å². The molecule has 28 heavy (non-hydrogen) atoms. The summed E-state index contributed by atoms with van der Waals surface area (Å²) in [5.41, 5.74) is 2.56. The highest BCUT2D eigenvalue weighted by molar-refractivity contribution is 6.42. The predicted molar refractivity (Wildman–Crippen MR) is 109 cm³/mol.